The second-order valence-corrected chi connectivity index (χ2v) is 5.21. The quantitative estimate of drug-likeness (QED) is 0.608. The van der Waals surface area contributed by atoms with Gasteiger partial charge in [-0.3, -0.25) is 4.98 Å². The zero-order chi connectivity index (χ0) is 15.6. The van der Waals surface area contributed by atoms with Crippen LogP contribution in [0.25, 0.3) is 33.5 Å². The maximum absolute atomic E-state index is 6.09. The second kappa shape index (κ2) is 5.50. The minimum Gasteiger partial charge on any atom is -0.382 e. The smallest absolute Gasteiger partial charge is 0.152 e. The van der Waals surface area contributed by atoms with Crippen LogP contribution in [0.2, 0.25) is 0 Å². The summed E-state index contributed by atoms with van der Waals surface area (Å²) < 4.78 is 0. The summed E-state index contributed by atoms with van der Waals surface area (Å²) in [7, 11) is 0. The Morgan fingerprint density at radius 1 is 0.739 bits per heavy atom. The topological polar surface area (TPSA) is 64.7 Å². The number of benzene rings is 2. The lowest BCUT2D eigenvalue weighted by Crippen LogP contribution is -2.00. The summed E-state index contributed by atoms with van der Waals surface area (Å²) in [5.74, 6) is 0.390. The summed E-state index contributed by atoms with van der Waals surface area (Å²) in [5, 5.41) is 0. The fourth-order valence-corrected chi connectivity index (χ4v) is 2.63. The Hall–Kier alpha value is -3.27. The summed E-state index contributed by atoms with van der Waals surface area (Å²) in [4.78, 5) is 13.6. The van der Waals surface area contributed by atoms with Crippen LogP contribution in [-0.2, 0) is 0 Å². The average molecular weight is 298 g/mol. The summed E-state index contributed by atoms with van der Waals surface area (Å²) in [6, 6.07) is 21.8. The van der Waals surface area contributed by atoms with Crippen molar-refractivity contribution in [3.05, 3.63) is 72.9 Å². The van der Waals surface area contributed by atoms with Gasteiger partial charge in [0.25, 0.3) is 0 Å². The highest BCUT2D eigenvalue weighted by Crippen LogP contribution is 2.30. The molecule has 4 rings (SSSR count). The van der Waals surface area contributed by atoms with Gasteiger partial charge in [0.15, 0.2) is 5.82 Å². The third-order valence-electron chi connectivity index (χ3n) is 3.71. The lowest BCUT2D eigenvalue weighted by atomic mass is 10.0. The molecule has 0 atom stereocenters. The fourth-order valence-electron chi connectivity index (χ4n) is 2.63. The number of anilines is 1. The molecule has 2 N–H and O–H groups in total. The molecule has 0 fully saturated rings. The number of nitrogens with zero attached hydrogens (tertiary/aromatic N) is 3. The second-order valence-electron chi connectivity index (χ2n) is 5.21. The van der Waals surface area contributed by atoms with Gasteiger partial charge in [-0.25, -0.2) is 9.97 Å². The molecule has 23 heavy (non-hydrogen) atoms. The maximum Gasteiger partial charge on any atom is 0.152 e. The molecule has 4 nitrogen and oxygen atoms in total. The molecular formula is C19H14N4. The molecule has 0 bridgehead atoms. The van der Waals surface area contributed by atoms with Gasteiger partial charge in [0.2, 0.25) is 0 Å². The molecule has 0 aliphatic rings. The van der Waals surface area contributed by atoms with Crippen molar-refractivity contribution >= 4 is 16.9 Å². The van der Waals surface area contributed by atoms with Crippen LogP contribution in [0, 0.1) is 0 Å². The highest BCUT2D eigenvalue weighted by molar-refractivity contribution is 5.93. The predicted molar refractivity (Wildman–Crippen MR) is 92.6 cm³/mol. The largest absolute Gasteiger partial charge is 0.382 e. The first-order valence-electron chi connectivity index (χ1n) is 7.36. The summed E-state index contributed by atoms with van der Waals surface area (Å²) in [5.41, 5.74) is 11.2. The number of rotatable bonds is 2. The van der Waals surface area contributed by atoms with E-state index < -0.39 is 0 Å². The zero-order valence-electron chi connectivity index (χ0n) is 12.3. The van der Waals surface area contributed by atoms with Crippen LogP contribution in [0.5, 0.6) is 0 Å². The Morgan fingerprint density at radius 2 is 1.57 bits per heavy atom. The first kappa shape index (κ1) is 13.4. The lowest BCUT2D eigenvalue weighted by molar-refractivity contribution is 1.24. The van der Waals surface area contributed by atoms with Crippen LogP contribution < -0.4 is 5.73 Å². The Morgan fingerprint density at radius 3 is 2.35 bits per heavy atom. The van der Waals surface area contributed by atoms with Crippen molar-refractivity contribution in [3.63, 3.8) is 0 Å². The third-order valence-corrected chi connectivity index (χ3v) is 3.71. The maximum atomic E-state index is 6.09. The van der Waals surface area contributed by atoms with Gasteiger partial charge in [-0.05, 0) is 23.8 Å². The molecule has 4 aromatic rings. The Balaban J connectivity index is 2.00. The Labute approximate surface area is 133 Å². The first-order chi connectivity index (χ1) is 11.3. The van der Waals surface area contributed by atoms with E-state index in [0.29, 0.717) is 11.5 Å². The number of nitrogens with two attached hydrogens (primary N) is 1. The molecule has 0 saturated carbocycles. The van der Waals surface area contributed by atoms with Crippen molar-refractivity contribution in [1.82, 2.24) is 15.0 Å². The van der Waals surface area contributed by atoms with Gasteiger partial charge in [-0.15, -0.1) is 0 Å². The number of pyridine rings is 1. The molecule has 110 valence electrons. The van der Waals surface area contributed by atoms with Gasteiger partial charge in [-0.2, -0.15) is 0 Å². The summed E-state index contributed by atoms with van der Waals surface area (Å²) in [6.07, 6.45) is 1.73. The van der Waals surface area contributed by atoms with Crippen molar-refractivity contribution in [3.8, 4) is 22.5 Å². The molecule has 0 aliphatic carbocycles. The summed E-state index contributed by atoms with van der Waals surface area (Å²) >= 11 is 0. The van der Waals surface area contributed by atoms with E-state index in [1.807, 2.05) is 54.6 Å². The van der Waals surface area contributed by atoms with E-state index in [-0.39, 0.29) is 0 Å². The van der Waals surface area contributed by atoms with Crippen molar-refractivity contribution in [1.29, 1.82) is 0 Å². The molecule has 0 unspecified atom stereocenters. The van der Waals surface area contributed by atoms with Gasteiger partial charge in [0.1, 0.15) is 5.69 Å². The van der Waals surface area contributed by atoms with Crippen LogP contribution >= 0.6 is 0 Å². The van der Waals surface area contributed by atoms with E-state index in [1.54, 1.807) is 6.20 Å². The molecule has 0 amide bonds. The number of nitrogen functional groups attached to an aromatic ring is 1. The third kappa shape index (κ3) is 2.40. The van der Waals surface area contributed by atoms with E-state index in [9.17, 15) is 0 Å². The lowest BCUT2D eigenvalue weighted by Gasteiger charge is -2.09. The number of fused-ring (bicyclic) bond motifs is 1. The van der Waals surface area contributed by atoms with Crippen molar-refractivity contribution in [2.45, 2.75) is 0 Å². The van der Waals surface area contributed by atoms with E-state index in [2.05, 4.69) is 22.1 Å². The molecule has 0 radical (unpaired) electrons. The molecule has 2 aromatic carbocycles. The molecule has 0 aliphatic heterocycles. The van der Waals surface area contributed by atoms with Crippen molar-refractivity contribution in [2.24, 2.45) is 0 Å². The van der Waals surface area contributed by atoms with Crippen LogP contribution in [0.1, 0.15) is 0 Å². The van der Waals surface area contributed by atoms with Crippen LogP contribution in [0.4, 0.5) is 5.82 Å². The Bertz CT molecular complexity index is 966. The molecule has 0 spiro atoms. The van der Waals surface area contributed by atoms with Crippen LogP contribution in [-0.4, -0.2) is 15.0 Å². The SMILES string of the molecule is Nc1nc2cccc(-c3ccccc3)c2nc1-c1ccccn1. The average Bonchev–Trinajstić information content (AvgIpc) is 2.62. The van der Waals surface area contributed by atoms with Crippen LogP contribution in [0.15, 0.2) is 72.9 Å². The van der Waals surface area contributed by atoms with Crippen LogP contribution in [0.3, 0.4) is 0 Å². The van der Waals surface area contributed by atoms with Gasteiger partial charge >= 0.3 is 0 Å². The normalized spacial score (nSPS) is 10.8. The summed E-state index contributed by atoms with van der Waals surface area (Å²) in [6.45, 7) is 0. The number of para-hydroxylation sites is 1. The van der Waals surface area contributed by atoms with Gasteiger partial charge in [-0.1, -0.05) is 48.5 Å². The molecular weight excluding hydrogens is 284 g/mol. The fraction of sp³-hybridized carbons (Fsp3) is 0. The molecule has 2 aromatic heterocycles. The Kier molecular flexibility index (Phi) is 3.20. The van der Waals surface area contributed by atoms with E-state index >= 15 is 0 Å². The van der Waals surface area contributed by atoms with Gasteiger partial charge < -0.3 is 5.73 Å². The molecule has 2 heterocycles. The number of hydrogen-bond donors (Lipinski definition) is 1. The van der Waals surface area contributed by atoms with Crippen molar-refractivity contribution in [2.75, 3.05) is 5.73 Å². The van der Waals surface area contributed by atoms with E-state index in [0.717, 1.165) is 27.9 Å². The monoisotopic (exact) mass is 298 g/mol. The minimum absolute atomic E-state index is 0.390. The number of aromatic nitrogens is 3. The minimum atomic E-state index is 0.390. The van der Waals surface area contributed by atoms with Gasteiger partial charge in [0.05, 0.1) is 16.7 Å². The van der Waals surface area contributed by atoms with E-state index in [1.165, 1.54) is 0 Å². The standard InChI is InChI=1S/C19H14N4/c20-19-18(15-10-4-5-12-21-15)23-17-14(9-6-11-16(17)22-19)13-7-2-1-3-8-13/h1-12H,(H2,20,22). The first-order valence-corrected chi connectivity index (χ1v) is 7.36. The van der Waals surface area contributed by atoms with Crippen molar-refractivity contribution < 1.29 is 0 Å². The van der Waals surface area contributed by atoms with E-state index in [4.69, 9.17) is 10.7 Å². The zero-order valence-corrected chi connectivity index (χ0v) is 12.3. The highest BCUT2D eigenvalue weighted by atomic mass is 14.9. The molecule has 4 heteroatoms. The predicted octanol–water partition coefficient (Wildman–Crippen LogP) is 3.94. The van der Waals surface area contributed by atoms with Gasteiger partial charge in [0, 0.05) is 11.8 Å². The number of hydrogen-bond acceptors (Lipinski definition) is 4. The molecule has 0 saturated heterocycles. The highest BCUT2D eigenvalue weighted by Gasteiger charge is 2.12.